The molecule has 0 radical (unpaired) electrons. The van der Waals surface area contributed by atoms with Crippen molar-refractivity contribution >= 4 is 5.91 Å². The van der Waals surface area contributed by atoms with Crippen LogP contribution in [0.5, 0.6) is 11.5 Å². The van der Waals surface area contributed by atoms with E-state index in [1.165, 1.54) is 0 Å². The fourth-order valence-electron chi connectivity index (χ4n) is 2.04. The Morgan fingerprint density at radius 3 is 2.41 bits per heavy atom. The van der Waals surface area contributed by atoms with Gasteiger partial charge in [0.25, 0.3) is 0 Å². The second-order valence-electron chi connectivity index (χ2n) is 4.13. The quantitative estimate of drug-likeness (QED) is 0.459. The first-order chi connectivity index (χ1) is 8.17. The predicted octanol–water partition coefficient (Wildman–Crippen LogP) is 0.725. The van der Waals surface area contributed by atoms with Crippen LogP contribution in [-0.4, -0.2) is 20.1 Å². The molecule has 0 aromatic heterocycles. The monoisotopic (exact) mass is 236 g/mol. The summed E-state index contributed by atoms with van der Waals surface area (Å²) < 4.78 is 10.4. The van der Waals surface area contributed by atoms with Crippen LogP contribution in [-0.2, 0) is 10.2 Å². The lowest BCUT2D eigenvalue weighted by molar-refractivity contribution is -0.123. The maximum absolute atomic E-state index is 11.7. The van der Waals surface area contributed by atoms with Crippen molar-refractivity contribution in [1.29, 1.82) is 0 Å². The maximum Gasteiger partial charge on any atom is 0.244 e. The number of hydrogen-bond acceptors (Lipinski definition) is 4. The fraction of sp³-hybridized carbons (Fsp3) is 0.417. The molecule has 1 amide bonds. The van der Waals surface area contributed by atoms with Crippen LogP contribution in [0, 0.1) is 0 Å². The molecule has 0 heterocycles. The van der Waals surface area contributed by atoms with E-state index in [-0.39, 0.29) is 5.91 Å². The summed E-state index contributed by atoms with van der Waals surface area (Å²) in [5.41, 5.74) is 2.66. The first-order valence-corrected chi connectivity index (χ1v) is 5.41. The predicted molar refractivity (Wildman–Crippen MR) is 62.8 cm³/mol. The highest BCUT2D eigenvalue weighted by molar-refractivity contribution is 5.91. The van der Waals surface area contributed by atoms with Gasteiger partial charge < -0.3 is 9.47 Å². The summed E-state index contributed by atoms with van der Waals surface area (Å²) >= 11 is 0. The number of hydrazine groups is 1. The summed E-state index contributed by atoms with van der Waals surface area (Å²) in [6, 6.07) is 5.52. The number of nitrogens with two attached hydrogens (primary N) is 1. The van der Waals surface area contributed by atoms with Gasteiger partial charge in [-0.1, -0.05) is 6.07 Å². The van der Waals surface area contributed by atoms with Crippen molar-refractivity contribution in [3.8, 4) is 11.5 Å². The van der Waals surface area contributed by atoms with E-state index in [0.717, 1.165) is 18.4 Å². The Bertz CT molecular complexity index is 441. The maximum atomic E-state index is 11.7. The molecule has 2 rings (SSSR count). The third-order valence-electron chi connectivity index (χ3n) is 3.25. The Labute approximate surface area is 99.9 Å². The zero-order chi connectivity index (χ0) is 12.5. The summed E-state index contributed by atoms with van der Waals surface area (Å²) in [5, 5.41) is 0. The molecule has 0 bridgehead atoms. The molecule has 0 atom stereocenters. The number of hydrogen-bond donors (Lipinski definition) is 2. The van der Waals surface area contributed by atoms with Gasteiger partial charge in [-0.25, -0.2) is 5.84 Å². The van der Waals surface area contributed by atoms with Crippen molar-refractivity contribution in [2.45, 2.75) is 18.3 Å². The highest BCUT2D eigenvalue weighted by atomic mass is 16.5. The molecule has 5 nitrogen and oxygen atoms in total. The van der Waals surface area contributed by atoms with E-state index in [1.807, 2.05) is 12.1 Å². The third-order valence-corrected chi connectivity index (χ3v) is 3.25. The highest BCUT2D eigenvalue weighted by Crippen LogP contribution is 2.49. The molecule has 1 aliphatic carbocycles. The molecule has 1 aliphatic rings. The molecule has 1 aromatic rings. The van der Waals surface area contributed by atoms with E-state index in [9.17, 15) is 4.79 Å². The second kappa shape index (κ2) is 4.25. The lowest BCUT2D eigenvalue weighted by atomic mass is 9.95. The van der Waals surface area contributed by atoms with Gasteiger partial charge >= 0.3 is 0 Å². The van der Waals surface area contributed by atoms with Crippen molar-refractivity contribution < 1.29 is 14.3 Å². The highest BCUT2D eigenvalue weighted by Gasteiger charge is 2.51. The Hall–Kier alpha value is -1.75. The summed E-state index contributed by atoms with van der Waals surface area (Å²) in [6.07, 6.45) is 1.62. The van der Waals surface area contributed by atoms with Crippen LogP contribution in [0.25, 0.3) is 0 Å². The van der Waals surface area contributed by atoms with Gasteiger partial charge in [0.2, 0.25) is 5.91 Å². The number of amides is 1. The lowest BCUT2D eigenvalue weighted by Crippen LogP contribution is -2.39. The standard InChI is InChI=1S/C12H16N2O3/c1-16-9-4-3-8(7-10(9)17-2)12(5-6-12)11(15)14-13/h3-4,7H,5-6,13H2,1-2H3,(H,14,15). The fourth-order valence-corrected chi connectivity index (χ4v) is 2.04. The largest absolute Gasteiger partial charge is 0.493 e. The topological polar surface area (TPSA) is 73.6 Å². The van der Waals surface area contributed by atoms with Crippen molar-refractivity contribution in [3.05, 3.63) is 23.8 Å². The minimum atomic E-state index is -0.478. The van der Waals surface area contributed by atoms with E-state index >= 15 is 0 Å². The van der Waals surface area contributed by atoms with Crippen LogP contribution < -0.4 is 20.7 Å². The number of ether oxygens (including phenoxy) is 2. The summed E-state index contributed by atoms with van der Waals surface area (Å²) in [5.74, 6) is 6.34. The SMILES string of the molecule is COc1ccc(C2(C(=O)NN)CC2)cc1OC. The number of rotatable bonds is 4. The number of nitrogens with one attached hydrogen (secondary N) is 1. The molecule has 1 aromatic carbocycles. The normalized spacial score (nSPS) is 16.2. The van der Waals surface area contributed by atoms with E-state index in [2.05, 4.69) is 5.43 Å². The first-order valence-electron chi connectivity index (χ1n) is 5.41. The molecule has 1 fully saturated rings. The average molecular weight is 236 g/mol. The van der Waals surface area contributed by atoms with E-state index in [0.29, 0.717) is 11.5 Å². The first kappa shape index (κ1) is 11.7. The second-order valence-corrected chi connectivity index (χ2v) is 4.13. The molecule has 3 N–H and O–H groups in total. The van der Waals surface area contributed by atoms with Crippen molar-refractivity contribution in [2.75, 3.05) is 14.2 Å². The van der Waals surface area contributed by atoms with E-state index < -0.39 is 5.41 Å². The van der Waals surface area contributed by atoms with Crippen molar-refractivity contribution in [1.82, 2.24) is 5.43 Å². The van der Waals surface area contributed by atoms with Gasteiger partial charge in [0.15, 0.2) is 11.5 Å². The molecule has 0 saturated heterocycles. The summed E-state index contributed by atoms with van der Waals surface area (Å²) in [4.78, 5) is 11.7. The van der Waals surface area contributed by atoms with Crippen LogP contribution in [0.3, 0.4) is 0 Å². The summed E-state index contributed by atoms with van der Waals surface area (Å²) in [6.45, 7) is 0. The van der Waals surface area contributed by atoms with E-state index in [1.54, 1.807) is 20.3 Å². The zero-order valence-electron chi connectivity index (χ0n) is 9.95. The molecule has 92 valence electrons. The lowest BCUT2D eigenvalue weighted by Gasteiger charge is -2.16. The molecular weight excluding hydrogens is 220 g/mol. The number of methoxy groups -OCH3 is 2. The van der Waals surface area contributed by atoms with Crippen LogP contribution in [0.15, 0.2) is 18.2 Å². The molecule has 0 unspecified atom stereocenters. The third kappa shape index (κ3) is 1.82. The molecule has 0 aliphatic heterocycles. The van der Waals surface area contributed by atoms with Crippen molar-refractivity contribution in [2.24, 2.45) is 5.84 Å². The van der Waals surface area contributed by atoms with Gasteiger partial charge in [-0.3, -0.25) is 10.2 Å². The van der Waals surface area contributed by atoms with Crippen molar-refractivity contribution in [3.63, 3.8) is 0 Å². The van der Waals surface area contributed by atoms with Gasteiger partial charge in [0.1, 0.15) is 0 Å². The molecule has 17 heavy (non-hydrogen) atoms. The van der Waals surface area contributed by atoms with Crippen LogP contribution in [0.4, 0.5) is 0 Å². The van der Waals surface area contributed by atoms with Crippen LogP contribution >= 0.6 is 0 Å². The Kier molecular flexibility index (Phi) is 2.93. The number of carbonyl (C=O) groups is 1. The Balaban J connectivity index is 2.37. The molecule has 1 saturated carbocycles. The van der Waals surface area contributed by atoms with E-state index in [4.69, 9.17) is 15.3 Å². The smallest absolute Gasteiger partial charge is 0.244 e. The van der Waals surface area contributed by atoms with Gasteiger partial charge in [-0.2, -0.15) is 0 Å². The average Bonchev–Trinajstić information content (AvgIpc) is 3.18. The van der Waals surface area contributed by atoms with Crippen LogP contribution in [0.1, 0.15) is 18.4 Å². The Morgan fingerprint density at radius 1 is 1.29 bits per heavy atom. The minimum absolute atomic E-state index is 0.148. The number of benzene rings is 1. The van der Waals surface area contributed by atoms with Gasteiger partial charge in [0, 0.05) is 0 Å². The summed E-state index contributed by atoms with van der Waals surface area (Å²) in [7, 11) is 3.15. The molecule has 5 heteroatoms. The molecule has 0 spiro atoms. The van der Waals surface area contributed by atoms with Crippen LogP contribution in [0.2, 0.25) is 0 Å². The molecular formula is C12H16N2O3. The Morgan fingerprint density at radius 2 is 1.94 bits per heavy atom. The number of carbonyl (C=O) groups excluding carboxylic acids is 1. The van der Waals surface area contributed by atoms with Gasteiger partial charge in [-0.05, 0) is 30.5 Å². The van der Waals surface area contributed by atoms with Gasteiger partial charge in [-0.15, -0.1) is 0 Å². The minimum Gasteiger partial charge on any atom is -0.493 e. The van der Waals surface area contributed by atoms with Gasteiger partial charge in [0.05, 0.1) is 19.6 Å². The zero-order valence-corrected chi connectivity index (χ0v) is 9.95.